The van der Waals surface area contributed by atoms with Gasteiger partial charge in [0, 0.05) is 0 Å². The lowest BCUT2D eigenvalue weighted by Crippen LogP contribution is -1.97. The van der Waals surface area contributed by atoms with Crippen molar-refractivity contribution in [3.8, 4) is 0 Å². The summed E-state index contributed by atoms with van der Waals surface area (Å²) in [5.41, 5.74) is 0. The van der Waals surface area contributed by atoms with Crippen molar-refractivity contribution in [2.24, 2.45) is 0 Å². The predicted octanol–water partition coefficient (Wildman–Crippen LogP) is 3.58. The van der Waals surface area contributed by atoms with Gasteiger partial charge in [-0.25, -0.2) is 0 Å². The molecular formula is C11H19O3P. The lowest BCUT2D eigenvalue weighted by atomic mass is 10.6. The monoisotopic (exact) mass is 230 g/mol. The number of hydrogen-bond donors (Lipinski definition) is 0. The van der Waals surface area contributed by atoms with Crippen LogP contribution >= 0.6 is 8.60 Å². The van der Waals surface area contributed by atoms with Gasteiger partial charge in [-0.15, -0.1) is 0 Å². The van der Waals surface area contributed by atoms with E-state index in [1.54, 1.807) is 0 Å². The van der Waals surface area contributed by atoms with Gasteiger partial charge in [0.15, 0.2) is 0 Å². The van der Waals surface area contributed by atoms with Crippen molar-refractivity contribution in [2.45, 2.75) is 32.8 Å². The molecule has 0 aromatic rings. The molecule has 0 N–H and O–H groups in total. The summed E-state index contributed by atoms with van der Waals surface area (Å²) >= 11 is 0. The van der Waals surface area contributed by atoms with Crippen LogP contribution in [0.1, 0.15) is 26.7 Å². The molecule has 4 heteroatoms. The first-order valence-corrected chi connectivity index (χ1v) is 6.41. The van der Waals surface area contributed by atoms with Gasteiger partial charge in [0.05, 0.1) is 19.3 Å². The van der Waals surface area contributed by atoms with Crippen molar-refractivity contribution in [3.05, 3.63) is 24.3 Å². The standard InChI is InChI=1S/C11H19O3P/c1-3-5-9-12-15(13-10-6-4-2)14-11-7-8-11/h3-6,11H,7-10H2,1-2H3. The number of allylic oxidation sites excluding steroid dienone is 2. The van der Waals surface area contributed by atoms with Crippen molar-refractivity contribution in [1.29, 1.82) is 0 Å². The molecule has 15 heavy (non-hydrogen) atoms. The molecule has 0 aromatic heterocycles. The van der Waals surface area contributed by atoms with Gasteiger partial charge in [0.2, 0.25) is 0 Å². The first-order valence-electron chi connectivity index (χ1n) is 5.32. The first kappa shape index (κ1) is 12.9. The zero-order chi connectivity index (χ0) is 10.9. The van der Waals surface area contributed by atoms with Crippen molar-refractivity contribution < 1.29 is 13.6 Å². The molecule has 3 nitrogen and oxygen atoms in total. The minimum Gasteiger partial charge on any atom is -0.309 e. The Hall–Kier alpha value is -0.210. The van der Waals surface area contributed by atoms with E-state index in [0.717, 1.165) is 12.8 Å². The maximum Gasteiger partial charge on any atom is 0.333 e. The molecule has 0 atom stereocenters. The highest BCUT2D eigenvalue weighted by molar-refractivity contribution is 7.41. The summed E-state index contributed by atoms with van der Waals surface area (Å²) in [6.45, 7) is 5.05. The van der Waals surface area contributed by atoms with Gasteiger partial charge >= 0.3 is 8.60 Å². The second-order valence-corrected chi connectivity index (χ2v) is 4.43. The summed E-state index contributed by atoms with van der Waals surface area (Å²) in [5, 5.41) is 0. The fourth-order valence-corrected chi connectivity index (χ4v) is 1.86. The Morgan fingerprint density at radius 2 is 1.60 bits per heavy atom. The molecule has 1 aliphatic carbocycles. The van der Waals surface area contributed by atoms with E-state index in [1.165, 1.54) is 0 Å². The zero-order valence-electron chi connectivity index (χ0n) is 9.39. The van der Waals surface area contributed by atoms with Crippen LogP contribution in [0, 0.1) is 0 Å². The largest absolute Gasteiger partial charge is 0.333 e. The summed E-state index contributed by atoms with van der Waals surface area (Å²) in [5.74, 6) is 0. The molecule has 86 valence electrons. The smallest absolute Gasteiger partial charge is 0.309 e. The molecule has 0 amide bonds. The molecule has 0 spiro atoms. The highest BCUT2D eigenvalue weighted by Crippen LogP contribution is 2.45. The van der Waals surface area contributed by atoms with Crippen molar-refractivity contribution in [3.63, 3.8) is 0 Å². The van der Waals surface area contributed by atoms with E-state index >= 15 is 0 Å². The quantitative estimate of drug-likeness (QED) is 0.471. The van der Waals surface area contributed by atoms with E-state index in [2.05, 4.69) is 0 Å². The van der Waals surface area contributed by atoms with Crippen LogP contribution in [0.2, 0.25) is 0 Å². The average Bonchev–Trinajstić information content (AvgIpc) is 3.02. The van der Waals surface area contributed by atoms with Crippen LogP contribution in [0.3, 0.4) is 0 Å². The fourth-order valence-electron chi connectivity index (χ4n) is 0.794. The summed E-state index contributed by atoms with van der Waals surface area (Å²) in [7, 11) is -1.16. The minimum atomic E-state index is -1.16. The van der Waals surface area contributed by atoms with Crippen LogP contribution in [0.5, 0.6) is 0 Å². The highest BCUT2D eigenvalue weighted by atomic mass is 31.2. The molecule has 1 fully saturated rings. The third kappa shape index (κ3) is 6.80. The predicted molar refractivity (Wildman–Crippen MR) is 62.6 cm³/mol. The van der Waals surface area contributed by atoms with E-state index in [1.807, 2.05) is 38.2 Å². The Morgan fingerprint density at radius 3 is 2.00 bits per heavy atom. The zero-order valence-corrected chi connectivity index (χ0v) is 10.3. The minimum absolute atomic E-state index is 0.368. The van der Waals surface area contributed by atoms with E-state index in [-0.39, 0.29) is 0 Å². The number of hydrogen-bond acceptors (Lipinski definition) is 3. The van der Waals surface area contributed by atoms with Gasteiger partial charge in [0.1, 0.15) is 0 Å². The average molecular weight is 230 g/mol. The topological polar surface area (TPSA) is 27.7 Å². The molecule has 0 heterocycles. The third-order valence-corrected chi connectivity index (χ3v) is 2.97. The highest BCUT2D eigenvalue weighted by Gasteiger charge is 2.28. The Bertz CT molecular complexity index is 196. The summed E-state index contributed by atoms with van der Waals surface area (Å²) < 4.78 is 16.6. The van der Waals surface area contributed by atoms with Gasteiger partial charge in [0.25, 0.3) is 0 Å². The number of rotatable bonds is 8. The van der Waals surface area contributed by atoms with Crippen molar-refractivity contribution in [2.75, 3.05) is 13.2 Å². The Morgan fingerprint density at radius 1 is 1.07 bits per heavy atom. The van der Waals surface area contributed by atoms with Crippen molar-refractivity contribution in [1.82, 2.24) is 0 Å². The van der Waals surface area contributed by atoms with Crippen LogP contribution < -0.4 is 0 Å². The maximum absolute atomic E-state index is 5.61. The lowest BCUT2D eigenvalue weighted by molar-refractivity contribution is 0.174. The Labute approximate surface area is 93.1 Å². The lowest BCUT2D eigenvalue weighted by Gasteiger charge is -2.14. The van der Waals surface area contributed by atoms with Gasteiger partial charge in [-0.3, -0.25) is 0 Å². The van der Waals surface area contributed by atoms with E-state index in [0.29, 0.717) is 19.3 Å². The molecule has 0 aliphatic heterocycles. The molecule has 1 saturated carbocycles. The van der Waals surface area contributed by atoms with Gasteiger partial charge in [-0.2, -0.15) is 0 Å². The molecular weight excluding hydrogens is 211 g/mol. The second kappa shape index (κ2) is 8.00. The van der Waals surface area contributed by atoms with Crippen LogP contribution in [-0.2, 0) is 13.6 Å². The van der Waals surface area contributed by atoms with Gasteiger partial charge in [-0.05, 0) is 26.7 Å². The summed E-state index contributed by atoms with van der Waals surface area (Å²) in [4.78, 5) is 0. The fraction of sp³-hybridized carbons (Fsp3) is 0.636. The second-order valence-electron chi connectivity index (χ2n) is 3.26. The SMILES string of the molecule is CC=CCOP(OCC=CC)OC1CC1. The van der Waals surface area contributed by atoms with Crippen molar-refractivity contribution >= 4 is 8.60 Å². The van der Waals surface area contributed by atoms with Crippen LogP contribution in [0.4, 0.5) is 0 Å². The van der Waals surface area contributed by atoms with E-state index in [9.17, 15) is 0 Å². The Balaban J connectivity index is 2.17. The van der Waals surface area contributed by atoms with Crippen LogP contribution in [0.15, 0.2) is 24.3 Å². The van der Waals surface area contributed by atoms with Gasteiger partial charge in [-0.1, -0.05) is 24.3 Å². The third-order valence-electron chi connectivity index (χ3n) is 1.78. The molecule has 0 aromatic carbocycles. The normalized spacial score (nSPS) is 19.1. The Kier molecular flexibility index (Phi) is 6.86. The summed E-state index contributed by atoms with van der Waals surface area (Å²) in [6, 6.07) is 0. The molecule has 0 unspecified atom stereocenters. The molecule has 1 aliphatic rings. The maximum atomic E-state index is 5.61. The van der Waals surface area contributed by atoms with E-state index < -0.39 is 8.60 Å². The van der Waals surface area contributed by atoms with Gasteiger partial charge < -0.3 is 13.6 Å². The molecule has 1 rings (SSSR count). The molecule has 0 saturated heterocycles. The van der Waals surface area contributed by atoms with Crippen LogP contribution in [0.25, 0.3) is 0 Å². The van der Waals surface area contributed by atoms with Crippen LogP contribution in [-0.4, -0.2) is 19.3 Å². The molecule has 0 bridgehead atoms. The first-order chi connectivity index (χ1) is 7.36. The summed E-state index contributed by atoms with van der Waals surface area (Å²) in [6.07, 6.45) is 10.5. The van der Waals surface area contributed by atoms with E-state index in [4.69, 9.17) is 13.6 Å². The molecule has 0 radical (unpaired) electrons.